The highest BCUT2D eigenvalue weighted by Crippen LogP contribution is 2.34. The van der Waals surface area contributed by atoms with Crippen LogP contribution in [0.5, 0.6) is 0 Å². The molecule has 1 unspecified atom stereocenters. The maximum atomic E-state index is 11.4. The average molecular weight is 274 g/mol. The number of thioether (sulfide) groups is 1. The molecule has 3 rings (SSSR count). The van der Waals surface area contributed by atoms with Crippen LogP contribution in [0.4, 0.5) is 11.4 Å². The van der Waals surface area contributed by atoms with Gasteiger partial charge in [-0.15, -0.1) is 11.8 Å². The number of benzene rings is 1. The Hall–Kier alpha value is -1.95. The smallest absolute Gasteiger partial charge is 0.234 e. The van der Waals surface area contributed by atoms with Crippen molar-refractivity contribution in [2.45, 2.75) is 17.9 Å². The number of carbonyl (C=O) groups excluding carboxylic acids is 1. The number of H-pyrrole nitrogens is 1. The standard InChI is InChI=1S/C13H14N4OS/c1-8(10-4-5-14-17-10)15-9-2-3-12-11(6-9)16-13(18)7-19-12/h2-6,8,15H,7H2,1H3,(H,14,17)(H,16,18). The van der Waals surface area contributed by atoms with Gasteiger partial charge in [-0.25, -0.2) is 0 Å². The van der Waals surface area contributed by atoms with Crippen molar-refractivity contribution in [2.24, 2.45) is 0 Å². The lowest BCUT2D eigenvalue weighted by Gasteiger charge is -2.19. The second-order valence-corrected chi connectivity index (χ2v) is 5.44. The number of carbonyl (C=O) groups is 1. The van der Waals surface area contributed by atoms with Gasteiger partial charge in [0.15, 0.2) is 0 Å². The van der Waals surface area contributed by atoms with E-state index in [-0.39, 0.29) is 11.9 Å². The first-order chi connectivity index (χ1) is 9.22. The van der Waals surface area contributed by atoms with Gasteiger partial charge in [-0.2, -0.15) is 5.10 Å². The Morgan fingerprint density at radius 3 is 3.11 bits per heavy atom. The van der Waals surface area contributed by atoms with Crippen molar-refractivity contribution in [1.29, 1.82) is 0 Å². The zero-order valence-electron chi connectivity index (χ0n) is 10.4. The molecule has 1 aromatic heterocycles. The van der Waals surface area contributed by atoms with Crippen LogP contribution in [0.2, 0.25) is 0 Å². The molecule has 2 heterocycles. The largest absolute Gasteiger partial charge is 0.377 e. The van der Waals surface area contributed by atoms with Gasteiger partial charge in [-0.1, -0.05) is 0 Å². The number of nitrogens with one attached hydrogen (secondary N) is 3. The molecule has 1 amide bonds. The Labute approximate surface area is 115 Å². The molecule has 19 heavy (non-hydrogen) atoms. The van der Waals surface area contributed by atoms with Crippen LogP contribution in [0.3, 0.4) is 0 Å². The van der Waals surface area contributed by atoms with Gasteiger partial charge in [0.25, 0.3) is 0 Å². The second kappa shape index (κ2) is 4.97. The Morgan fingerprint density at radius 2 is 2.32 bits per heavy atom. The third-order valence-corrected chi connectivity index (χ3v) is 4.06. The lowest BCUT2D eigenvalue weighted by atomic mass is 10.2. The van der Waals surface area contributed by atoms with Gasteiger partial charge < -0.3 is 10.6 Å². The van der Waals surface area contributed by atoms with Crippen LogP contribution < -0.4 is 10.6 Å². The van der Waals surface area contributed by atoms with E-state index in [0.29, 0.717) is 5.75 Å². The Morgan fingerprint density at radius 1 is 1.42 bits per heavy atom. The van der Waals surface area contributed by atoms with E-state index in [4.69, 9.17) is 0 Å². The molecule has 98 valence electrons. The number of anilines is 2. The minimum atomic E-state index is 0.0521. The summed E-state index contributed by atoms with van der Waals surface area (Å²) in [6.07, 6.45) is 1.73. The topological polar surface area (TPSA) is 69.8 Å². The maximum Gasteiger partial charge on any atom is 0.234 e. The van der Waals surface area contributed by atoms with Crippen molar-refractivity contribution in [3.05, 3.63) is 36.2 Å². The van der Waals surface area contributed by atoms with Crippen molar-refractivity contribution in [2.75, 3.05) is 16.4 Å². The van der Waals surface area contributed by atoms with Crippen molar-refractivity contribution in [3.63, 3.8) is 0 Å². The van der Waals surface area contributed by atoms with E-state index < -0.39 is 0 Å². The summed E-state index contributed by atoms with van der Waals surface area (Å²) in [5.41, 5.74) is 2.88. The number of hydrogen-bond donors (Lipinski definition) is 3. The predicted octanol–water partition coefficient (Wildman–Crippen LogP) is 2.63. The molecule has 3 N–H and O–H groups in total. The van der Waals surface area contributed by atoms with Crippen molar-refractivity contribution >= 4 is 29.0 Å². The van der Waals surface area contributed by atoms with E-state index in [9.17, 15) is 4.79 Å². The third-order valence-electron chi connectivity index (χ3n) is 2.98. The molecule has 6 heteroatoms. The van der Waals surface area contributed by atoms with E-state index >= 15 is 0 Å². The quantitative estimate of drug-likeness (QED) is 0.804. The summed E-state index contributed by atoms with van der Waals surface area (Å²) in [5.74, 6) is 0.542. The van der Waals surface area contributed by atoms with Crippen LogP contribution in [-0.2, 0) is 4.79 Å². The number of hydrogen-bond acceptors (Lipinski definition) is 4. The van der Waals surface area contributed by atoms with Gasteiger partial charge in [0.05, 0.1) is 23.2 Å². The molecule has 0 fully saturated rings. The van der Waals surface area contributed by atoms with Gasteiger partial charge in [-0.3, -0.25) is 9.89 Å². The molecule has 2 aromatic rings. The van der Waals surface area contributed by atoms with E-state index in [2.05, 4.69) is 27.8 Å². The van der Waals surface area contributed by atoms with Crippen molar-refractivity contribution in [1.82, 2.24) is 10.2 Å². The monoisotopic (exact) mass is 274 g/mol. The van der Waals surface area contributed by atoms with Gasteiger partial charge >= 0.3 is 0 Å². The summed E-state index contributed by atoms with van der Waals surface area (Å²) in [6, 6.07) is 8.09. The molecule has 1 atom stereocenters. The molecule has 0 radical (unpaired) electrons. The number of fused-ring (bicyclic) bond motifs is 1. The van der Waals surface area contributed by atoms with Gasteiger partial charge in [0.1, 0.15) is 0 Å². The van der Waals surface area contributed by atoms with E-state index in [1.807, 2.05) is 24.3 Å². The summed E-state index contributed by atoms with van der Waals surface area (Å²) in [5, 5.41) is 13.1. The van der Waals surface area contributed by atoms with Crippen molar-refractivity contribution in [3.8, 4) is 0 Å². The maximum absolute atomic E-state index is 11.4. The van der Waals surface area contributed by atoms with Crippen LogP contribution in [-0.4, -0.2) is 21.9 Å². The third kappa shape index (κ3) is 2.58. The number of nitrogens with zero attached hydrogens (tertiary/aromatic N) is 1. The first-order valence-corrected chi connectivity index (χ1v) is 7.03. The highest BCUT2D eigenvalue weighted by molar-refractivity contribution is 8.00. The Kier molecular flexibility index (Phi) is 3.16. The number of rotatable bonds is 3. The zero-order chi connectivity index (χ0) is 13.2. The zero-order valence-corrected chi connectivity index (χ0v) is 11.3. The van der Waals surface area contributed by atoms with Crippen LogP contribution >= 0.6 is 11.8 Å². The molecular weight excluding hydrogens is 260 g/mol. The molecule has 0 bridgehead atoms. The molecule has 0 aliphatic carbocycles. The van der Waals surface area contributed by atoms with Crippen LogP contribution in [0.25, 0.3) is 0 Å². The average Bonchev–Trinajstić information content (AvgIpc) is 2.92. The highest BCUT2D eigenvalue weighted by atomic mass is 32.2. The number of aromatic nitrogens is 2. The van der Waals surface area contributed by atoms with Crippen LogP contribution in [0.15, 0.2) is 35.4 Å². The SMILES string of the molecule is CC(Nc1ccc2c(c1)NC(=O)CS2)c1ccn[nH]1. The minimum Gasteiger partial charge on any atom is -0.377 e. The summed E-state index contributed by atoms with van der Waals surface area (Å²) < 4.78 is 0. The normalized spacial score (nSPS) is 15.5. The van der Waals surface area contributed by atoms with Gasteiger partial charge in [-0.05, 0) is 31.2 Å². The molecule has 0 spiro atoms. The van der Waals surface area contributed by atoms with E-state index in [0.717, 1.165) is 22.0 Å². The molecule has 1 aliphatic rings. The summed E-state index contributed by atoms with van der Waals surface area (Å²) in [4.78, 5) is 12.5. The summed E-state index contributed by atoms with van der Waals surface area (Å²) in [6.45, 7) is 2.06. The molecule has 0 saturated carbocycles. The summed E-state index contributed by atoms with van der Waals surface area (Å²) >= 11 is 1.57. The summed E-state index contributed by atoms with van der Waals surface area (Å²) in [7, 11) is 0. The number of aromatic amines is 1. The Bertz CT molecular complexity index is 597. The Balaban J connectivity index is 1.79. The van der Waals surface area contributed by atoms with E-state index in [1.54, 1.807) is 18.0 Å². The molecule has 1 aromatic carbocycles. The minimum absolute atomic E-state index is 0.0521. The fourth-order valence-corrected chi connectivity index (χ4v) is 2.80. The molecule has 5 nitrogen and oxygen atoms in total. The van der Waals surface area contributed by atoms with E-state index in [1.165, 1.54) is 0 Å². The van der Waals surface area contributed by atoms with Crippen LogP contribution in [0, 0.1) is 0 Å². The first-order valence-electron chi connectivity index (χ1n) is 6.05. The van der Waals surface area contributed by atoms with Crippen molar-refractivity contribution < 1.29 is 4.79 Å². The molecular formula is C13H14N4OS. The lowest BCUT2D eigenvalue weighted by Crippen LogP contribution is -2.18. The van der Waals surface area contributed by atoms with Gasteiger partial charge in [0, 0.05) is 16.8 Å². The number of amides is 1. The van der Waals surface area contributed by atoms with Gasteiger partial charge in [0.2, 0.25) is 5.91 Å². The molecule has 0 saturated heterocycles. The second-order valence-electron chi connectivity index (χ2n) is 4.43. The van der Waals surface area contributed by atoms with Crippen LogP contribution in [0.1, 0.15) is 18.7 Å². The highest BCUT2D eigenvalue weighted by Gasteiger charge is 2.16. The predicted molar refractivity (Wildman–Crippen MR) is 76.4 cm³/mol. The lowest BCUT2D eigenvalue weighted by molar-refractivity contribution is -0.113. The fraction of sp³-hybridized carbons (Fsp3) is 0.231. The fourth-order valence-electron chi connectivity index (χ4n) is 2.01. The molecule has 1 aliphatic heterocycles. The first kappa shape index (κ1) is 12.1.